The van der Waals surface area contributed by atoms with Gasteiger partial charge >= 0.3 is 0 Å². The Kier molecular flexibility index (Phi) is 3.15. The van der Waals surface area contributed by atoms with Gasteiger partial charge in [0.1, 0.15) is 0 Å². The Morgan fingerprint density at radius 2 is 2.00 bits per heavy atom. The zero-order valence-electron chi connectivity index (χ0n) is 10.1. The van der Waals surface area contributed by atoms with Gasteiger partial charge in [-0.05, 0) is 30.7 Å². The van der Waals surface area contributed by atoms with Gasteiger partial charge in [0.2, 0.25) is 0 Å². The highest BCUT2D eigenvalue weighted by molar-refractivity contribution is 5.40. The molecule has 0 spiro atoms. The lowest BCUT2D eigenvalue weighted by molar-refractivity contribution is 0.176. The van der Waals surface area contributed by atoms with Gasteiger partial charge in [0, 0.05) is 24.8 Å². The average Bonchev–Trinajstić information content (AvgIpc) is 2.58. The maximum Gasteiger partial charge on any atom is 0.0845 e. The fraction of sp³-hybridized carbons (Fsp3) is 0.308. The van der Waals surface area contributed by atoms with Crippen molar-refractivity contribution in [2.75, 3.05) is 5.73 Å². The van der Waals surface area contributed by atoms with E-state index in [9.17, 15) is 5.11 Å². The molecule has 3 N–H and O–H groups in total. The highest BCUT2D eigenvalue weighted by Crippen LogP contribution is 2.19. The molecule has 0 radical (unpaired) electrons. The lowest BCUT2D eigenvalue weighted by Crippen LogP contribution is -2.06. The summed E-state index contributed by atoms with van der Waals surface area (Å²) in [6, 6.07) is 9.28. The van der Waals surface area contributed by atoms with E-state index in [4.69, 9.17) is 5.73 Å². The summed E-state index contributed by atoms with van der Waals surface area (Å²) in [7, 11) is 1.89. The maximum atomic E-state index is 10.1. The van der Waals surface area contributed by atoms with Crippen LogP contribution in [0.3, 0.4) is 0 Å². The topological polar surface area (TPSA) is 64.1 Å². The summed E-state index contributed by atoms with van der Waals surface area (Å²) < 4.78 is 1.80. The molecule has 17 heavy (non-hydrogen) atoms. The summed E-state index contributed by atoms with van der Waals surface area (Å²) in [4.78, 5) is 0. The van der Waals surface area contributed by atoms with Crippen LogP contribution in [0.4, 0.5) is 5.69 Å². The van der Waals surface area contributed by atoms with Crippen molar-refractivity contribution in [2.24, 2.45) is 7.05 Å². The van der Waals surface area contributed by atoms with Gasteiger partial charge in [0.15, 0.2) is 0 Å². The Hall–Kier alpha value is -1.81. The SMILES string of the molecule is Cc1cc(CC(O)c2ccc(N)cc2)n(C)n1. The van der Waals surface area contributed by atoms with Gasteiger partial charge in [-0.1, -0.05) is 12.1 Å². The summed E-state index contributed by atoms with van der Waals surface area (Å²) in [6.07, 6.45) is 0.0340. The molecule has 0 bridgehead atoms. The minimum atomic E-state index is -0.523. The molecule has 2 rings (SSSR count). The Balaban J connectivity index is 2.13. The molecule has 2 aromatic rings. The van der Waals surface area contributed by atoms with E-state index >= 15 is 0 Å². The second-order valence-electron chi connectivity index (χ2n) is 4.29. The van der Waals surface area contributed by atoms with Crippen LogP contribution in [0.2, 0.25) is 0 Å². The van der Waals surface area contributed by atoms with Crippen molar-refractivity contribution in [1.29, 1.82) is 0 Å². The van der Waals surface area contributed by atoms with Gasteiger partial charge in [0.05, 0.1) is 11.8 Å². The molecular weight excluding hydrogens is 214 g/mol. The molecule has 0 aliphatic carbocycles. The predicted molar refractivity (Wildman–Crippen MR) is 67.5 cm³/mol. The van der Waals surface area contributed by atoms with Crippen molar-refractivity contribution in [3.8, 4) is 0 Å². The van der Waals surface area contributed by atoms with Crippen molar-refractivity contribution in [3.63, 3.8) is 0 Å². The third-order valence-corrected chi connectivity index (χ3v) is 2.82. The number of rotatable bonds is 3. The summed E-state index contributed by atoms with van der Waals surface area (Å²) in [6.45, 7) is 1.94. The first-order valence-corrected chi connectivity index (χ1v) is 5.59. The zero-order chi connectivity index (χ0) is 12.4. The van der Waals surface area contributed by atoms with Gasteiger partial charge in [-0.3, -0.25) is 4.68 Å². The van der Waals surface area contributed by atoms with Crippen LogP contribution in [0, 0.1) is 6.92 Å². The zero-order valence-corrected chi connectivity index (χ0v) is 10.1. The number of hydrogen-bond donors (Lipinski definition) is 2. The first-order valence-electron chi connectivity index (χ1n) is 5.59. The van der Waals surface area contributed by atoms with Crippen LogP contribution in [0.5, 0.6) is 0 Å². The number of nitrogen functional groups attached to an aromatic ring is 1. The van der Waals surface area contributed by atoms with E-state index in [0.29, 0.717) is 12.1 Å². The Morgan fingerprint density at radius 1 is 1.35 bits per heavy atom. The quantitative estimate of drug-likeness (QED) is 0.788. The van der Waals surface area contributed by atoms with Gasteiger partial charge in [0.25, 0.3) is 0 Å². The predicted octanol–water partition coefficient (Wildman–Crippen LogP) is 1.59. The molecule has 1 heterocycles. The van der Waals surface area contributed by atoms with Crippen LogP contribution >= 0.6 is 0 Å². The molecule has 0 amide bonds. The monoisotopic (exact) mass is 231 g/mol. The van der Waals surface area contributed by atoms with Crippen molar-refractivity contribution in [1.82, 2.24) is 9.78 Å². The van der Waals surface area contributed by atoms with Crippen LogP contribution in [-0.2, 0) is 13.5 Å². The number of anilines is 1. The number of aliphatic hydroxyl groups excluding tert-OH is 1. The van der Waals surface area contributed by atoms with E-state index in [1.165, 1.54) is 0 Å². The van der Waals surface area contributed by atoms with Crippen LogP contribution < -0.4 is 5.73 Å². The minimum Gasteiger partial charge on any atom is -0.399 e. The van der Waals surface area contributed by atoms with E-state index < -0.39 is 6.10 Å². The third-order valence-electron chi connectivity index (χ3n) is 2.82. The molecule has 4 nitrogen and oxygen atoms in total. The number of aryl methyl sites for hydroxylation is 2. The van der Waals surface area contributed by atoms with E-state index in [-0.39, 0.29) is 0 Å². The molecular formula is C13H17N3O. The lowest BCUT2D eigenvalue weighted by Gasteiger charge is -2.11. The number of aliphatic hydroxyl groups is 1. The molecule has 0 saturated carbocycles. The number of hydrogen-bond acceptors (Lipinski definition) is 3. The van der Waals surface area contributed by atoms with Crippen LogP contribution in [0.1, 0.15) is 23.1 Å². The molecule has 0 saturated heterocycles. The second-order valence-corrected chi connectivity index (χ2v) is 4.29. The fourth-order valence-electron chi connectivity index (χ4n) is 1.89. The molecule has 0 aliphatic rings. The average molecular weight is 231 g/mol. The number of aromatic nitrogens is 2. The van der Waals surface area contributed by atoms with E-state index in [1.54, 1.807) is 16.8 Å². The Morgan fingerprint density at radius 3 is 2.53 bits per heavy atom. The molecule has 1 unspecified atom stereocenters. The van der Waals surface area contributed by atoms with Gasteiger partial charge in [-0.2, -0.15) is 5.10 Å². The minimum absolute atomic E-state index is 0.523. The second kappa shape index (κ2) is 4.59. The van der Waals surface area contributed by atoms with E-state index in [1.807, 2.05) is 32.2 Å². The van der Waals surface area contributed by atoms with Gasteiger partial charge in [-0.15, -0.1) is 0 Å². The van der Waals surface area contributed by atoms with Crippen molar-refractivity contribution in [2.45, 2.75) is 19.4 Å². The van der Waals surface area contributed by atoms with Crippen LogP contribution in [0.15, 0.2) is 30.3 Å². The number of nitrogens with two attached hydrogens (primary N) is 1. The first kappa shape index (κ1) is 11.7. The molecule has 90 valence electrons. The normalized spacial score (nSPS) is 12.6. The summed E-state index contributed by atoms with van der Waals surface area (Å²) in [5.41, 5.74) is 9.18. The highest BCUT2D eigenvalue weighted by atomic mass is 16.3. The highest BCUT2D eigenvalue weighted by Gasteiger charge is 2.11. The van der Waals surface area contributed by atoms with Crippen molar-refractivity contribution in [3.05, 3.63) is 47.3 Å². The summed E-state index contributed by atoms with van der Waals surface area (Å²) in [5.74, 6) is 0. The molecule has 1 atom stereocenters. The molecule has 1 aromatic carbocycles. The summed E-state index contributed by atoms with van der Waals surface area (Å²) in [5, 5.41) is 14.4. The van der Waals surface area contributed by atoms with Crippen molar-refractivity contribution >= 4 is 5.69 Å². The smallest absolute Gasteiger partial charge is 0.0845 e. The molecule has 4 heteroatoms. The molecule has 0 fully saturated rings. The maximum absolute atomic E-state index is 10.1. The number of nitrogens with zero attached hydrogens (tertiary/aromatic N) is 2. The standard InChI is InChI=1S/C13H17N3O/c1-9-7-12(16(2)15-9)8-13(17)10-3-5-11(14)6-4-10/h3-7,13,17H,8,14H2,1-2H3. The fourth-order valence-corrected chi connectivity index (χ4v) is 1.89. The largest absolute Gasteiger partial charge is 0.399 e. The molecule has 0 aliphatic heterocycles. The van der Waals surface area contributed by atoms with E-state index in [2.05, 4.69) is 5.10 Å². The Bertz CT molecular complexity index is 502. The number of benzene rings is 1. The van der Waals surface area contributed by atoms with Gasteiger partial charge in [-0.25, -0.2) is 0 Å². The third kappa shape index (κ3) is 2.65. The van der Waals surface area contributed by atoms with Crippen LogP contribution in [0.25, 0.3) is 0 Å². The van der Waals surface area contributed by atoms with Crippen molar-refractivity contribution < 1.29 is 5.11 Å². The van der Waals surface area contributed by atoms with Crippen LogP contribution in [-0.4, -0.2) is 14.9 Å². The summed E-state index contributed by atoms with van der Waals surface area (Å²) >= 11 is 0. The first-order chi connectivity index (χ1) is 8.06. The van der Waals surface area contributed by atoms with E-state index in [0.717, 1.165) is 17.0 Å². The Labute approximate surface area is 101 Å². The molecule has 1 aromatic heterocycles. The van der Waals surface area contributed by atoms with Gasteiger partial charge < -0.3 is 10.8 Å². The lowest BCUT2D eigenvalue weighted by atomic mass is 10.0.